The van der Waals surface area contributed by atoms with Crippen LogP contribution in [0.3, 0.4) is 0 Å². The number of primary amides is 1. The average molecular weight is 383 g/mol. The van der Waals surface area contributed by atoms with Gasteiger partial charge in [0.05, 0.1) is 10.6 Å². The number of benzene rings is 2. The van der Waals surface area contributed by atoms with Crippen LogP contribution >= 0.6 is 11.8 Å². The number of nitrogens with zero attached hydrogens (tertiary/aromatic N) is 4. The summed E-state index contributed by atoms with van der Waals surface area (Å²) in [5.41, 5.74) is 7.68. The Morgan fingerprint density at radius 2 is 1.96 bits per heavy atom. The third-order valence-electron chi connectivity index (χ3n) is 4.07. The number of para-hydroxylation sites is 1. The summed E-state index contributed by atoms with van der Waals surface area (Å²) in [6.45, 7) is 3.85. The Kier molecular flexibility index (Phi) is 5.22. The van der Waals surface area contributed by atoms with E-state index < -0.39 is 10.8 Å². The highest BCUT2D eigenvalue weighted by Gasteiger charge is 2.19. The maximum absolute atomic E-state index is 11.4. The first-order valence-corrected chi connectivity index (χ1v) is 9.05. The third kappa shape index (κ3) is 3.82. The molecule has 138 valence electrons. The molecule has 8 nitrogen and oxygen atoms in total. The summed E-state index contributed by atoms with van der Waals surface area (Å²) in [5, 5.41) is 20.3. The highest BCUT2D eigenvalue weighted by atomic mass is 32.2. The normalized spacial score (nSPS) is 10.7. The Hall–Kier alpha value is -3.20. The lowest BCUT2D eigenvalue weighted by atomic mass is 10.1. The second-order valence-corrected chi connectivity index (χ2v) is 6.85. The van der Waals surface area contributed by atoms with Crippen molar-refractivity contribution in [1.82, 2.24) is 14.8 Å². The summed E-state index contributed by atoms with van der Waals surface area (Å²) < 4.78 is 1.92. The van der Waals surface area contributed by atoms with Gasteiger partial charge in [-0.1, -0.05) is 36.0 Å². The van der Waals surface area contributed by atoms with Crippen molar-refractivity contribution in [3.63, 3.8) is 0 Å². The Balaban J connectivity index is 1.92. The van der Waals surface area contributed by atoms with Gasteiger partial charge in [-0.2, -0.15) is 0 Å². The number of nitrogens with two attached hydrogens (primary N) is 1. The summed E-state index contributed by atoms with van der Waals surface area (Å²) in [5.74, 6) is 0.330. The van der Waals surface area contributed by atoms with E-state index in [1.807, 2.05) is 42.7 Å². The Morgan fingerprint density at radius 1 is 1.22 bits per heavy atom. The van der Waals surface area contributed by atoms with Crippen LogP contribution in [0.15, 0.2) is 47.6 Å². The minimum absolute atomic E-state index is 0.106. The fourth-order valence-corrected chi connectivity index (χ4v) is 3.67. The van der Waals surface area contributed by atoms with Gasteiger partial charge in [-0.25, -0.2) is 0 Å². The largest absolute Gasteiger partial charge is 0.366 e. The van der Waals surface area contributed by atoms with Gasteiger partial charge >= 0.3 is 0 Å². The zero-order valence-electron chi connectivity index (χ0n) is 14.7. The van der Waals surface area contributed by atoms with Crippen LogP contribution in [-0.2, 0) is 5.75 Å². The molecule has 0 aliphatic rings. The predicted molar refractivity (Wildman–Crippen MR) is 102 cm³/mol. The molecule has 1 amide bonds. The molecule has 0 unspecified atom stereocenters. The Bertz CT molecular complexity index is 1030. The minimum atomic E-state index is -0.702. The molecular formula is C18H17N5O3S. The maximum atomic E-state index is 11.4. The van der Waals surface area contributed by atoms with Gasteiger partial charge in [-0.05, 0) is 31.5 Å². The van der Waals surface area contributed by atoms with E-state index >= 15 is 0 Å². The summed E-state index contributed by atoms with van der Waals surface area (Å²) in [7, 11) is 0. The molecule has 9 heteroatoms. The van der Waals surface area contributed by atoms with Crippen LogP contribution in [0.4, 0.5) is 5.69 Å². The average Bonchev–Trinajstić information content (AvgIpc) is 3.00. The minimum Gasteiger partial charge on any atom is -0.366 e. The first kappa shape index (κ1) is 18.6. The van der Waals surface area contributed by atoms with Gasteiger partial charge in [-0.15, -0.1) is 10.2 Å². The molecule has 1 aromatic heterocycles. The number of hydrogen-bond acceptors (Lipinski definition) is 6. The fraction of sp³-hybridized carbons (Fsp3) is 0.167. The molecule has 27 heavy (non-hydrogen) atoms. The molecule has 1 heterocycles. The van der Waals surface area contributed by atoms with Crippen molar-refractivity contribution < 1.29 is 9.72 Å². The number of aromatic nitrogens is 3. The number of carbonyl (C=O) groups is 1. The van der Waals surface area contributed by atoms with E-state index in [2.05, 4.69) is 10.2 Å². The molecule has 3 rings (SSSR count). The predicted octanol–water partition coefficient (Wildman–Crippen LogP) is 3.18. The molecule has 2 aromatic carbocycles. The molecule has 3 aromatic rings. The number of amides is 1. The number of rotatable bonds is 6. The second-order valence-electron chi connectivity index (χ2n) is 5.91. The molecule has 0 fully saturated rings. The van der Waals surface area contributed by atoms with Crippen LogP contribution < -0.4 is 5.73 Å². The van der Waals surface area contributed by atoms with Gasteiger partial charge in [0.25, 0.3) is 5.69 Å². The molecular weight excluding hydrogens is 366 g/mol. The number of hydrogen-bond donors (Lipinski definition) is 1. The van der Waals surface area contributed by atoms with Crippen molar-refractivity contribution in [3.05, 3.63) is 75.1 Å². The Morgan fingerprint density at radius 3 is 2.63 bits per heavy atom. The van der Waals surface area contributed by atoms with E-state index in [9.17, 15) is 14.9 Å². The monoisotopic (exact) mass is 383 g/mol. The van der Waals surface area contributed by atoms with E-state index in [0.717, 1.165) is 17.1 Å². The van der Waals surface area contributed by atoms with Crippen LogP contribution in [0.5, 0.6) is 0 Å². The van der Waals surface area contributed by atoms with Crippen molar-refractivity contribution in [2.45, 2.75) is 24.8 Å². The van der Waals surface area contributed by atoms with Gasteiger partial charge in [0.2, 0.25) is 5.91 Å². The molecule has 0 spiro atoms. The first-order chi connectivity index (χ1) is 12.9. The van der Waals surface area contributed by atoms with Crippen LogP contribution in [-0.4, -0.2) is 25.6 Å². The number of nitro groups is 1. The fourth-order valence-electron chi connectivity index (χ4n) is 2.68. The number of nitro benzene ring substituents is 1. The van der Waals surface area contributed by atoms with Crippen LogP contribution in [0, 0.1) is 24.0 Å². The molecule has 0 aliphatic heterocycles. The summed E-state index contributed by atoms with van der Waals surface area (Å²) >= 11 is 1.34. The van der Waals surface area contributed by atoms with Gasteiger partial charge in [0.15, 0.2) is 5.16 Å². The third-order valence-corrected chi connectivity index (χ3v) is 5.05. The number of thioether (sulfide) groups is 1. The lowest BCUT2D eigenvalue weighted by molar-refractivity contribution is -0.385. The summed E-state index contributed by atoms with van der Waals surface area (Å²) in [6.07, 6.45) is 0. The summed E-state index contributed by atoms with van der Waals surface area (Å²) in [4.78, 5) is 22.1. The van der Waals surface area contributed by atoms with Gasteiger partial charge < -0.3 is 5.73 Å². The molecule has 0 saturated carbocycles. The Labute approximate surface area is 159 Å². The van der Waals surface area contributed by atoms with Crippen molar-refractivity contribution >= 4 is 23.4 Å². The SMILES string of the molecule is Cc1ccccc1-n1c(C)nnc1SCc1ccc(C(N)=O)cc1[N+](=O)[O-]. The topological polar surface area (TPSA) is 117 Å². The molecule has 0 radical (unpaired) electrons. The molecule has 0 bridgehead atoms. The zero-order chi connectivity index (χ0) is 19.6. The van der Waals surface area contributed by atoms with Gasteiger partial charge in [0, 0.05) is 22.9 Å². The number of carbonyl (C=O) groups excluding carboxylic acids is 1. The van der Waals surface area contributed by atoms with E-state index in [4.69, 9.17) is 5.73 Å². The second kappa shape index (κ2) is 7.58. The lowest BCUT2D eigenvalue weighted by Crippen LogP contribution is -2.11. The van der Waals surface area contributed by atoms with E-state index in [-0.39, 0.29) is 11.3 Å². The van der Waals surface area contributed by atoms with E-state index in [1.165, 1.54) is 23.9 Å². The maximum Gasteiger partial charge on any atom is 0.274 e. The number of aryl methyl sites for hydroxylation is 2. The van der Waals surface area contributed by atoms with E-state index in [1.54, 1.807) is 6.07 Å². The van der Waals surface area contributed by atoms with Crippen LogP contribution in [0.2, 0.25) is 0 Å². The molecule has 0 saturated heterocycles. The van der Waals surface area contributed by atoms with Gasteiger partial charge in [-0.3, -0.25) is 19.5 Å². The van der Waals surface area contributed by atoms with Crippen LogP contribution in [0.25, 0.3) is 5.69 Å². The summed E-state index contributed by atoms with van der Waals surface area (Å²) in [6, 6.07) is 12.1. The molecule has 0 aliphatic carbocycles. The van der Waals surface area contributed by atoms with E-state index in [0.29, 0.717) is 16.5 Å². The quantitative estimate of drug-likeness (QED) is 0.397. The van der Waals surface area contributed by atoms with Crippen LogP contribution in [0.1, 0.15) is 27.3 Å². The highest BCUT2D eigenvalue weighted by molar-refractivity contribution is 7.98. The van der Waals surface area contributed by atoms with Crippen molar-refractivity contribution in [3.8, 4) is 5.69 Å². The van der Waals surface area contributed by atoms with Crippen molar-refractivity contribution in [2.24, 2.45) is 5.73 Å². The zero-order valence-corrected chi connectivity index (χ0v) is 15.6. The molecule has 2 N–H and O–H groups in total. The van der Waals surface area contributed by atoms with Gasteiger partial charge in [0.1, 0.15) is 5.82 Å². The lowest BCUT2D eigenvalue weighted by Gasteiger charge is -2.11. The smallest absolute Gasteiger partial charge is 0.274 e. The molecule has 0 atom stereocenters. The first-order valence-electron chi connectivity index (χ1n) is 8.06. The van der Waals surface area contributed by atoms with Crippen molar-refractivity contribution in [2.75, 3.05) is 0 Å². The highest BCUT2D eigenvalue weighted by Crippen LogP contribution is 2.30. The standard InChI is InChI=1S/C18H17N5O3S/c1-11-5-3-4-6-15(11)22-12(2)20-21-18(22)27-10-14-8-7-13(17(19)24)9-16(14)23(25)26/h3-9H,10H2,1-2H3,(H2,19,24). The van der Waals surface area contributed by atoms with Crippen molar-refractivity contribution in [1.29, 1.82) is 0 Å².